The molecule has 25 heavy (non-hydrogen) atoms. The van der Waals surface area contributed by atoms with Crippen LogP contribution in [0.2, 0.25) is 0 Å². The number of hydrogen-bond donors (Lipinski definition) is 3. The summed E-state index contributed by atoms with van der Waals surface area (Å²) in [5.74, 6) is 0.757. The van der Waals surface area contributed by atoms with Gasteiger partial charge in [0.1, 0.15) is 0 Å². The number of hydrogen-bond acceptors (Lipinski definition) is 4. The van der Waals surface area contributed by atoms with E-state index in [2.05, 4.69) is 36.9 Å². The van der Waals surface area contributed by atoms with Crippen LogP contribution in [-0.4, -0.2) is 50.9 Å². The fourth-order valence-corrected chi connectivity index (χ4v) is 4.39. The lowest BCUT2D eigenvalue weighted by molar-refractivity contribution is -0.116. The summed E-state index contributed by atoms with van der Waals surface area (Å²) in [5, 5.41) is 9.01. The van der Waals surface area contributed by atoms with E-state index >= 15 is 0 Å². The smallest absolute Gasteiger partial charge is 0.226 e. The van der Waals surface area contributed by atoms with Crippen LogP contribution in [0.3, 0.4) is 0 Å². The van der Waals surface area contributed by atoms with Crippen LogP contribution < -0.4 is 16.0 Å². The first-order chi connectivity index (χ1) is 11.9. The number of rotatable bonds is 6. The van der Waals surface area contributed by atoms with E-state index in [1.807, 2.05) is 31.2 Å². The highest BCUT2D eigenvalue weighted by atomic mass is 79.9. The predicted molar refractivity (Wildman–Crippen MR) is 104 cm³/mol. The van der Waals surface area contributed by atoms with E-state index < -0.39 is 9.84 Å². The van der Waals surface area contributed by atoms with Crippen molar-refractivity contribution in [3.8, 4) is 0 Å². The van der Waals surface area contributed by atoms with Crippen LogP contribution in [0.5, 0.6) is 0 Å². The Morgan fingerprint density at radius 3 is 2.64 bits per heavy atom. The van der Waals surface area contributed by atoms with Gasteiger partial charge >= 0.3 is 0 Å². The number of benzene rings is 1. The lowest BCUT2D eigenvalue weighted by Gasteiger charge is -2.15. The van der Waals surface area contributed by atoms with Crippen molar-refractivity contribution < 1.29 is 13.2 Å². The average molecular weight is 431 g/mol. The second kappa shape index (κ2) is 9.19. The molecule has 7 nitrogen and oxygen atoms in total. The monoisotopic (exact) mass is 430 g/mol. The average Bonchev–Trinajstić information content (AvgIpc) is 2.88. The first-order valence-corrected chi connectivity index (χ1v) is 10.8. The highest BCUT2D eigenvalue weighted by Crippen LogP contribution is 2.14. The Labute approximate surface area is 156 Å². The summed E-state index contributed by atoms with van der Waals surface area (Å²) in [6.07, 6.45) is 0.826. The van der Waals surface area contributed by atoms with Crippen molar-refractivity contribution in [2.45, 2.75) is 25.8 Å². The zero-order chi connectivity index (χ0) is 18.3. The topological polar surface area (TPSA) is 99.7 Å². The number of sulfone groups is 1. The largest absolute Gasteiger partial charge is 0.357 e. The molecule has 0 spiro atoms. The predicted octanol–water partition coefficient (Wildman–Crippen LogP) is 1.52. The van der Waals surface area contributed by atoms with Crippen LogP contribution >= 0.6 is 15.9 Å². The lowest BCUT2D eigenvalue weighted by Crippen LogP contribution is -2.44. The molecule has 1 aliphatic heterocycles. The van der Waals surface area contributed by atoms with Gasteiger partial charge in [0, 0.05) is 29.2 Å². The van der Waals surface area contributed by atoms with Crippen LogP contribution in [0.4, 0.5) is 5.69 Å². The van der Waals surface area contributed by atoms with Gasteiger partial charge in [0.05, 0.1) is 18.1 Å². The second-order valence-corrected chi connectivity index (χ2v) is 8.95. The minimum Gasteiger partial charge on any atom is -0.357 e. The van der Waals surface area contributed by atoms with E-state index in [1.54, 1.807) is 0 Å². The van der Waals surface area contributed by atoms with Gasteiger partial charge in [-0.05, 0) is 37.6 Å². The number of nitrogens with one attached hydrogen (secondary N) is 3. The van der Waals surface area contributed by atoms with Crippen molar-refractivity contribution in [3.63, 3.8) is 0 Å². The maximum absolute atomic E-state index is 12.0. The third-order valence-electron chi connectivity index (χ3n) is 3.65. The number of carbonyl (C=O) groups excluding carboxylic acids is 1. The van der Waals surface area contributed by atoms with Gasteiger partial charge in [-0.3, -0.25) is 9.79 Å². The van der Waals surface area contributed by atoms with E-state index in [9.17, 15) is 13.2 Å². The molecular weight excluding hydrogens is 408 g/mol. The quantitative estimate of drug-likeness (QED) is 0.469. The molecule has 0 radical (unpaired) electrons. The maximum Gasteiger partial charge on any atom is 0.226 e. The maximum atomic E-state index is 12.0. The van der Waals surface area contributed by atoms with Gasteiger partial charge in [0.2, 0.25) is 5.91 Å². The van der Waals surface area contributed by atoms with Gasteiger partial charge in [0.25, 0.3) is 0 Å². The molecule has 1 fully saturated rings. The van der Waals surface area contributed by atoms with Crippen LogP contribution in [0.25, 0.3) is 0 Å². The third-order valence-corrected chi connectivity index (χ3v) is 5.95. The first-order valence-electron chi connectivity index (χ1n) is 8.18. The number of guanidine groups is 1. The van der Waals surface area contributed by atoms with Crippen molar-refractivity contribution in [2.24, 2.45) is 4.99 Å². The Balaban J connectivity index is 1.82. The number of nitrogens with zero attached hydrogens (tertiary/aromatic N) is 1. The van der Waals surface area contributed by atoms with Crippen molar-refractivity contribution >= 4 is 43.3 Å². The highest BCUT2D eigenvalue weighted by molar-refractivity contribution is 9.10. The van der Waals surface area contributed by atoms with E-state index in [-0.39, 0.29) is 29.9 Å². The number of halogens is 1. The second-order valence-electron chi connectivity index (χ2n) is 5.81. The molecule has 1 unspecified atom stereocenters. The molecule has 0 aromatic heterocycles. The van der Waals surface area contributed by atoms with E-state index in [4.69, 9.17) is 0 Å². The van der Waals surface area contributed by atoms with Gasteiger partial charge in [0.15, 0.2) is 15.8 Å². The standard InChI is InChI=1S/C16H23BrN4O3S/c1-2-18-16(21-14-8-10-25(23,24)11-14)19-9-7-15(22)20-13-5-3-12(17)4-6-13/h3-6,14H,2,7-11H2,1H3,(H,20,22)(H2,18,19,21). The third kappa shape index (κ3) is 7.03. The van der Waals surface area contributed by atoms with Gasteiger partial charge in [-0.15, -0.1) is 0 Å². The van der Waals surface area contributed by atoms with Crippen molar-refractivity contribution in [1.82, 2.24) is 10.6 Å². The molecule has 0 bridgehead atoms. The van der Waals surface area contributed by atoms with Gasteiger partial charge in [-0.25, -0.2) is 8.42 Å². The lowest BCUT2D eigenvalue weighted by atomic mass is 10.3. The molecule has 0 saturated carbocycles. The molecule has 1 aliphatic rings. The summed E-state index contributed by atoms with van der Waals surface area (Å²) < 4.78 is 24.0. The molecule has 9 heteroatoms. The summed E-state index contributed by atoms with van der Waals surface area (Å²) in [5.41, 5.74) is 0.735. The SMILES string of the molecule is CCNC(=NCCC(=O)Nc1ccc(Br)cc1)NC1CCS(=O)(=O)C1. The summed E-state index contributed by atoms with van der Waals surface area (Å²) >= 11 is 3.34. The minimum atomic E-state index is -2.94. The zero-order valence-corrected chi connectivity index (χ0v) is 16.5. The molecule has 1 atom stereocenters. The Bertz CT molecular complexity index is 719. The molecular formula is C16H23BrN4O3S. The van der Waals surface area contributed by atoms with Gasteiger partial charge < -0.3 is 16.0 Å². The van der Waals surface area contributed by atoms with Crippen LogP contribution in [0, 0.1) is 0 Å². The van der Waals surface area contributed by atoms with Crippen molar-refractivity contribution in [1.29, 1.82) is 0 Å². The highest BCUT2D eigenvalue weighted by Gasteiger charge is 2.28. The number of carbonyl (C=O) groups is 1. The van der Waals surface area contributed by atoms with E-state index in [0.29, 0.717) is 25.5 Å². The molecule has 2 rings (SSSR count). The number of amides is 1. The molecule has 1 aromatic rings. The fourth-order valence-electron chi connectivity index (χ4n) is 2.45. The van der Waals surface area contributed by atoms with Crippen LogP contribution in [0.1, 0.15) is 19.8 Å². The van der Waals surface area contributed by atoms with Crippen LogP contribution in [-0.2, 0) is 14.6 Å². The molecule has 1 aromatic carbocycles. The minimum absolute atomic E-state index is 0.120. The Kier molecular flexibility index (Phi) is 7.24. The van der Waals surface area contributed by atoms with Gasteiger partial charge in [-0.1, -0.05) is 15.9 Å². The zero-order valence-electron chi connectivity index (χ0n) is 14.1. The molecule has 3 N–H and O–H groups in total. The summed E-state index contributed by atoms with van der Waals surface area (Å²) in [7, 11) is -2.94. The van der Waals surface area contributed by atoms with E-state index in [0.717, 1.165) is 10.2 Å². The molecule has 0 aliphatic carbocycles. The molecule has 138 valence electrons. The van der Waals surface area contributed by atoms with E-state index in [1.165, 1.54) is 0 Å². The fraction of sp³-hybridized carbons (Fsp3) is 0.500. The van der Waals surface area contributed by atoms with Crippen LogP contribution in [0.15, 0.2) is 33.7 Å². The summed E-state index contributed by atoms with van der Waals surface area (Å²) in [4.78, 5) is 16.3. The normalized spacial score (nSPS) is 19.4. The summed E-state index contributed by atoms with van der Waals surface area (Å²) in [6, 6.07) is 7.22. The number of anilines is 1. The van der Waals surface area contributed by atoms with Crippen molar-refractivity contribution in [3.05, 3.63) is 28.7 Å². The Morgan fingerprint density at radius 1 is 1.32 bits per heavy atom. The molecule has 1 amide bonds. The van der Waals surface area contributed by atoms with Crippen molar-refractivity contribution in [2.75, 3.05) is 29.9 Å². The number of aliphatic imine (C=N–C) groups is 1. The summed E-state index contributed by atoms with van der Waals surface area (Å²) in [6.45, 7) is 2.91. The Morgan fingerprint density at radius 2 is 2.04 bits per heavy atom. The molecule has 1 saturated heterocycles. The first kappa shape index (κ1) is 19.7. The Hall–Kier alpha value is -1.61. The molecule has 1 heterocycles. The van der Waals surface area contributed by atoms with Gasteiger partial charge in [-0.2, -0.15) is 0 Å².